The number of hydrogen-bond acceptors (Lipinski definition) is 3. The largest absolute Gasteiger partial charge is 0.258 e. The van der Waals surface area contributed by atoms with Gasteiger partial charge in [0.2, 0.25) is 0 Å². The molecule has 0 saturated carbocycles. The highest BCUT2D eigenvalue weighted by Gasteiger charge is 1.87. The predicted molar refractivity (Wildman–Crippen MR) is 32.5 cm³/mol. The minimum atomic E-state index is -2.35. The van der Waals surface area contributed by atoms with Gasteiger partial charge in [-0.3, -0.25) is 4.68 Å². The van der Waals surface area contributed by atoms with Crippen LogP contribution < -0.4 is 0 Å². The highest BCUT2D eigenvalue weighted by atomic mass is 32.2. The molecule has 9 heavy (non-hydrogen) atoms. The first-order valence-electron chi connectivity index (χ1n) is 2.38. The van der Waals surface area contributed by atoms with E-state index in [1.165, 1.54) is 4.68 Å². The Labute approximate surface area is 54.1 Å². The molecule has 0 fully saturated rings. The molecule has 4 nitrogen and oxygen atoms in total. The molecule has 0 bridgehead atoms. The van der Waals surface area contributed by atoms with Crippen molar-refractivity contribution >= 4 is 10.7 Å². The molecule has 0 aromatic carbocycles. The lowest BCUT2D eigenvalue weighted by atomic mass is 10.8. The first-order chi connectivity index (χ1) is 4.29. The molecule has 5 heteroatoms. The summed E-state index contributed by atoms with van der Waals surface area (Å²) in [5.74, 6) is -0.0255. The zero-order valence-corrected chi connectivity index (χ0v) is 5.49. The molecule has 0 spiro atoms. The Kier molecular flexibility index (Phi) is 1.84. The van der Waals surface area contributed by atoms with Crippen molar-refractivity contribution in [3.05, 3.63) is 18.5 Å². The van der Waals surface area contributed by atoms with E-state index >= 15 is 0 Å². The fourth-order valence-corrected chi connectivity index (χ4v) is 0.906. The molecular weight excluding hydrogens is 140 g/mol. The van der Waals surface area contributed by atoms with Crippen molar-refractivity contribution in [2.45, 2.75) is 5.88 Å². The van der Waals surface area contributed by atoms with Crippen molar-refractivity contribution < 1.29 is 8.42 Å². The van der Waals surface area contributed by atoms with Crippen LogP contribution in [0.4, 0.5) is 0 Å². The van der Waals surface area contributed by atoms with Crippen LogP contribution in [0.3, 0.4) is 0 Å². The third-order valence-electron chi connectivity index (χ3n) is 0.820. The van der Waals surface area contributed by atoms with Crippen molar-refractivity contribution in [2.24, 2.45) is 0 Å². The lowest BCUT2D eigenvalue weighted by molar-refractivity contribution is 0.595. The lowest BCUT2D eigenvalue weighted by Gasteiger charge is -1.88. The van der Waals surface area contributed by atoms with E-state index in [2.05, 4.69) is 5.10 Å². The van der Waals surface area contributed by atoms with Crippen molar-refractivity contribution in [1.29, 1.82) is 0 Å². The van der Waals surface area contributed by atoms with E-state index in [-0.39, 0.29) is 5.88 Å². The van der Waals surface area contributed by atoms with Gasteiger partial charge in [0.15, 0.2) is 10.7 Å². The van der Waals surface area contributed by atoms with Gasteiger partial charge in [0.25, 0.3) is 0 Å². The summed E-state index contributed by atoms with van der Waals surface area (Å²) in [6.07, 6.45) is 3.14. The molecule has 0 aliphatic rings. The van der Waals surface area contributed by atoms with Crippen LogP contribution in [0.15, 0.2) is 18.5 Å². The van der Waals surface area contributed by atoms with Crippen LogP contribution in [0.1, 0.15) is 0 Å². The molecule has 0 N–H and O–H groups in total. The minimum absolute atomic E-state index is 0.0255. The van der Waals surface area contributed by atoms with Gasteiger partial charge in [-0.1, -0.05) is 0 Å². The molecule has 1 aromatic rings. The van der Waals surface area contributed by atoms with Gasteiger partial charge in [0.05, 0.1) is 0 Å². The quantitative estimate of drug-likeness (QED) is 0.570. The van der Waals surface area contributed by atoms with Crippen LogP contribution in [0.5, 0.6) is 0 Å². The van der Waals surface area contributed by atoms with E-state index < -0.39 is 10.7 Å². The first-order valence-corrected chi connectivity index (χ1v) is 3.74. The second-order valence-electron chi connectivity index (χ2n) is 1.52. The summed E-state index contributed by atoms with van der Waals surface area (Å²) in [6.45, 7) is 0. The number of hydrogen-bond donors (Lipinski definition) is 1. The molecular formula is C4H6N2O2S. The van der Waals surface area contributed by atoms with Gasteiger partial charge in [-0.25, -0.2) is 8.42 Å². The predicted octanol–water partition coefficient (Wildman–Crippen LogP) is -0.548. The molecule has 0 aliphatic carbocycles. The Morgan fingerprint density at radius 2 is 2.33 bits per heavy atom. The van der Waals surface area contributed by atoms with E-state index in [0.29, 0.717) is 0 Å². The van der Waals surface area contributed by atoms with Crippen molar-refractivity contribution in [2.75, 3.05) is 0 Å². The fourth-order valence-electron chi connectivity index (χ4n) is 0.502. The summed E-state index contributed by atoms with van der Waals surface area (Å²) < 4.78 is 21.4. The Bertz CT molecular complexity index is 231. The summed E-state index contributed by atoms with van der Waals surface area (Å²) in [5, 5.41) is 3.69. The van der Waals surface area contributed by atoms with Gasteiger partial charge in [0.1, 0.15) is 5.88 Å². The highest BCUT2D eigenvalue weighted by molar-refractivity contribution is 7.71. The number of nitrogens with zero attached hydrogens (tertiary/aromatic N) is 2. The van der Waals surface area contributed by atoms with Crippen molar-refractivity contribution in [3.8, 4) is 0 Å². The first kappa shape index (κ1) is 6.28. The maximum Gasteiger partial charge on any atom is 0.160 e. The van der Waals surface area contributed by atoms with Crippen LogP contribution in [0.2, 0.25) is 0 Å². The Balaban J connectivity index is 2.68. The summed E-state index contributed by atoms with van der Waals surface area (Å²) in [7, 11) is -2.35. The van der Waals surface area contributed by atoms with Crippen LogP contribution in [0.25, 0.3) is 0 Å². The summed E-state index contributed by atoms with van der Waals surface area (Å²) >= 11 is 0. The highest BCUT2D eigenvalue weighted by Crippen LogP contribution is 1.82. The van der Waals surface area contributed by atoms with Crippen LogP contribution in [-0.4, -0.2) is 18.2 Å². The van der Waals surface area contributed by atoms with Crippen molar-refractivity contribution in [3.63, 3.8) is 0 Å². The Morgan fingerprint density at radius 1 is 1.56 bits per heavy atom. The monoisotopic (exact) mass is 146 g/mol. The topological polar surface area (TPSA) is 52.0 Å². The number of thiol groups is 1. The van der Waals surface area contributed by atoms with Gasteiger partial charge in [-0.2, -0.15) is 5.10 Å². The van der Waals surface area contributed by atoms with Gasteiger partial charge >= 0.3 is 0 Å². The summed E-state index contributed by atoms with van der Waals surface area (Å²) in [6, 6.07) is 1.68. The maximum atomic E-state index is 10.0. The SMILES string of the molecule is O=[SH](=O)Cn1cccn1. The zero-order chi connectivity index (χ0) is 6.69. The van der Waals surface area contributed by atoms with Gasteiger partial charge in [-0.05, 0) is 6.07 Å². The van der Waals surface area contributed by atoms with E-state index in [1.807, 2.05) is 0 Å². The molecule has 0 unspecified atom stereocenters. The van der Waals surface area contributed by atoms with Gasteiger partial charge in [0, 0.05) is 12.4 Å². The molecule has 50 valence electrons. The molecule has 0 amide bonds. The maximum absolute atomic E-state index is 10.0. The second kappa shape index (κ2) is 2.63. The normalized spacial score (nSPS) is 10.3. The standard InChI is InChI=1S/C4H6N2O2S/c7-9(8)4-6-3-1-2-5-6/h1-3,9H,4H2. The van der Waals surface area contributed by atoms with Crippen LogP contribution >= 0.6 is 0 Å². The fraction of sp³-hybridized carbons (Fsp3) is 0.250. The summed E-state index contributed by atoms with van der Waals surface area (Å²) in [4.78, 5) is 0. The van der Waals surface area contributed by atoms with Gasteiger partial charge in [-0.15, -0.1) is 0 Å². The molecule has 0 radical (unpaired) electrons. The molecule has 0 saturated heterocycles. The van der Waals surface area contributed by atoms with E-state index in [4.69, 9.17) is 0 Å². The van der Waals surface area contributed by atoms with Crippen LogP contribution in [0, 0.1) is 0 Å². The van der Waals surface area contributed by atoms with E-state index in [1.54, 1.807) is 18.5 Å². The smallest absolute Gasteiger partial charge is 0.160 e. The second-order valence-corrected chi connectivity index (χ2v) is 2.47. The third-order valence-corrected chi connectivity index (χ3v) is 1.34. The minimum Gasteiger partial charge on any atom is -0.258 e. The van der Waals surface area contributed by atoms with Crippen molar-refractivity contribution in [1.82, 2.24) is 9.78 Å². The number of rotatable bonds is 2. The zero-order valence-electron chi connectivity index (χ0n) is 4.60. The Morgan fingerprint density at radius 3 is 2.78 bits per heavy atom. The molecule has 1 aromatic heterocycles. The molecule has 1 rings (SSSR count). The molecule has 1 heterocycles. The van der Waals surface area contributed by atoms with Gasteiger partial charge < -0.3 is 0 Å². The summed E-state index contributed by atoms with van der Waals surface area (Å²) in [5.41, 5.74) is 0. The lowest BCUT2D eigenvalue weighted by Crippen LogP contribution is -1.98. The average Bonchev–Trinajstić information content (AvgIpc) is 2.15. The molecule has 0 aliphatic heterocycles. The van der Waals surface area contributed by atoms with E-state index in [0.717, 1.165) is 0 Å². The third kappa shape index (κ3) is 1.85. The van der Waals surface area contributed by atoms with E-state index in [9.17, 15) is 8.42 Å². The van der Waals surface area contributed by atoms with Crippen LogP contribution in [-0.2, 0) is 16.6 Å². The number of aromatic nitrogens is 2. The Hall–Kier alpha value is -0.840. The average molecular weight is 146 g/mol. The molecule has 0 atom stereocenters.